The molecule has 2 aliphatic rings. The summed E-state index contributed by atoms with van der Waals surface area (Å²) in [4.78, 5) is 10.9. The van der Waals surface area contributed by atoms with E-state index < -0.39 is 5.97 Å². The summed E-state index contributed by atoms with van der Waals surface area (Å²) in [6.45, 7) is 2.26. The number of rotatable bonds is 6. The fraction of sp³-hybridized carbons (Fsp3) is 0.933. The molecule has 0 aromatic heterocycles. The van der Waals surface area contributed by atoms with Crippen LogP contribution in [0, 0.1) is 11.8 Å². The molecule has 2 fully saturated rings. The van der Waals surface area contributed by atoms with E-state index in [4.69, 9.17) is 5.11 Å². The van der Waals surface area contributed by atoms with Crippen LogP contribution in [0.4, 0.5) is 0 Å². The van der Waals surface area contributed by atoms with Gasteiger partial charge < -0.3 is 10.4 Å². The molecular formula is C15H27NO2. The van der Waals surface area contributed by atoms with E-state index in [0.29, 0.717) is 12.1 Å². The van der Waals surface area contributed by atoms with Crippen LogP contribution >= 0.6 is 0 Å². The Morgan fingerprint density at radius 1 is 1.22 bits per heavy atom. The van der Waals surface area contributed by atoms with E-state index in [0.717, 1.165) is 31.6 Å². The molecule has 0 radical (unpaired) electrons. The molecular weight excluding hydrogens is 226 g/mol. The van der Waals surface area contributed by atoms with Gasteiger partial charge in [0.15, 0.2) is 0 Å². The van der Waals surface area contributed by atoms with Crippen LogP contribution in [0.1, 0.15) is 64.7 Å². The number of aliphatic carboxylic acids is 1. The quantitative estimate of drug-likeness (QED) is 0.764. The Morgan fingerprint density at radius 3 is 2.33 bits per heavy atom. The molecule has 2 saturated carbocycles. The third kappa shape index (κ3) is 3.47. The number of hydrogen-bond donors (Lipinski definition) is 2. The van der Waals surface area contributed by atoms with E-state index in [2.05, 4.69) is 12.2 Å². The number of carboxylic acid groups (broad SMARTS) is 1. The Balaban J connectivity index is 1.76. The molecule has 0 amide bonds. The number of nitrogens with one attached hydrogen (secondary N) is 1. The minimum Gasteiger partial charge on any atom is -0.481 e. The van der Waals surface area contributed by atoms with Crippen LogP contribution in [0.3, 0.4) is 0 Å². The van der Waals surface area contributed by atoms with Crippen molar-refractivity contribution >= 4 is 5.97 Å². The maximum absolute atomic E-state index is 10.9. The van der Waals surface area contributed by atoms with Crippen LogP contribution in [0.25, 0.3) is 0 Å². The summed E-state index contributed by atoms with van der Waals surface area (Å²) in [7, 11) is 0. The molecule has 0 heterocycles. The number of carbonyl (C=O) groups is 1. The first-order chi connectivity index (χ1) is 8.70. The molecule has 104 valence electrons. The summed E-state index contributed by atoms with van der Waals surface area (Å²) < 4.78 is 0. The third-order valence-corrected chi connectivity index (χ3v) is 4.84. The first kappa shape index (κ1) is 13.9. The zero-order chi connectivity index (χ0) is 13.0. The van der Waals surface area contributed by atoms with Gasteiger partial charge in [0.2, 0.25) is 0 Å². The van der Waals surface area contributed by atoms with Crippen molar-refractivity contribution in [3.05, 3.63) is 0 Å². The highest BCUT2D eigenvalue weighted by molar-refractivity contribution is 5.70. The van der Waals surface area contributed by atoms with Crippen molar-refractivity contribution in [1.82, 2.24) is 5.32 Å². The van der Waals surface area contributed by atoms with E-state index >= 15 is 0 Å². The summed E-state index contributed by atoms with van der Waals surface area (Å²) >= 11 is 0. The van der Waals surface area contributed by atoms with E-state index in [-0.39, 0.29) is 5.92 Å². The molecule has 0 aromatic rings. The van der Waals surface area contributed by atoms with Gasteiger partial charge in [-0.1, -0.05) is 19.8 Å². The van der Waals surface area contributed by atoms with Crippen molar-refractivity contribution in [2.75, 3.05) is 0 Å². The van der Waals surface area contributed by atoms with Gasteiger partial charge in [0, 0.05) is 12.1 Å². The van der Waals surface area contributed by atoms with Gasteiger partial charge in [-0.3, -0.25) is 4.79 Å². The molecule has 0 bridgehead atoms. The van der Waals surface area contributed by atoms with Gasteiger partial charge in [0.25, 0.3) is 0 Å². The average molecular weight is 253 g/mol. The molecule has 3 heteroatoms. The van der Waals surface area contributed by atoms with Crippen molar-refractivity contribution < 1.29 is 9.90 Å². The lowest BCUT2D eigenvalue weighted by atomic mass is 9.77. The van der Waals surface area contributed by atoms with Crippen LogP contribution in [-0.2, 0) is 4.79 Å². The lowest BCUT2D eigenvalue weighted by Crippen LogP contribution is -2.46. The van der Waals surface area contributed by atoms with Crippen molar-refractivity contribution in [3.8, 4) is 0 Å². The second-order valence-corrected chi connectivity index (χ2v) is 6.14. The standard InChI is InChI=1S/C15H27NO2/c1-2-4-14(11-5-3-6-11)16-13-9-7-12(8-10-13)15(17)18/h11-14,16H,2-10H2,1H3,(H,17,18). The summed E-state index contributed by atoms with van der Waals surface area (Å²) in [5, 5.41) is 12.8. The number of carboxylic acids is 1. The first-order valence-corrected chi connectivity index (χ1v) is 7.69. The summed E-state index contributed by atoms with van der Waals surface area (Å²) in [6, 6.07) is 1.26. The average Bonchev–Trinajstić information content (AvgIpc) is 2.27. The zero-order valence-electron chi connectivity index (χ0n) is 11.5. The molecule has 0 aliphatic heterocycles. The van der Waals surface area contributed by atoms with E-state index in [1.807, 2.05) is 0 Å². The smallest absolute Gasteiger partial charge is 0.306 e. The maximum atomic E-state index is 10.9. The van der Waals surface area contributed by atoms with Gasteiger partial charge in [-0.05, 0) is 50.9 Å². The SMILES string of the molecule is CCCC(NC1CCC(C(=O)O)CC1)C1CCC1. The third-order valence-electron chi connectivity index (χ3n) is 4.84. The van der Waals surface area contributed by atoms with Crippen molar-refractivity contribution in [3.63, 3.8) is 0 Å². The van der Waals surface area contributed by atoms with Crippen molar-refractivity contribution in [1.29, 1.82) is 0 Å². The first-order valence-electron chi connectivity index (χ1n) is 7.69. The van der Waals surface area contributed by atoms with Crippen LogP contribution in [0.5, 0.6) is 0 Å². The second-order valence-electron chi connectivity index (χ2n) is 6.14. The highest BCUT2D eigenvalue weighted by atomic mass is 16.4. The highest BCUT2D eigenvalue weighted by Gasteiger charge is 2.31. The van der Waals surface area contributed by atoms with Gasteiger partial charge in [0.05, 0.1) is 5.92 Å². The number of hydrogen-bond acceptors (Lipinski definition) is 2. The summed E-state index contributed by atoms with van der Waals surface area (Å²) in [6.07, 6.45) is 10.5. The Kier molecular flexibility index (Phi) is 5.04. The van der Waals surface area contributed by atoms with E-state index in [9.17, 15) is 4.79 Å². The van der Waals surface area contributed by atoms with Gasteiger partial charge in [-0.15, -0.1) is 0 Å². The Hall–Kier alpha value is -0.570. The van der Waals surface area contributed by atoms with Crippen molar-refractivity contribution in [2.24, 2.45) is 11.8 Å². The maximum Gasteiger partial charge on any atom is 0.306 e. The minimum atomic E-state index is -0.599. The van der Waals surface area contributed by atoms with Gasteiger partial charge in [0.1, 0.15) is 0 Å². The zero-order valence-corrected chi connectivity index (χ0v) is 11.5. The molecule has 2 aliphatic carbocycles. The normalized spacial score (nSPS) is 30.7. The Labute approximate surface area is 110 Å². The van der Waals surface area contributed by atoms with Gasteiger partial charge >= 0.3 is 5.97 Å². The van der Waals surface area contributed by atoms with Crippen LogP contribution in [-0.4, -0.2) is 23.2 Å². The largest absolute Gasteiger partial charge is 0.481 e. The molecule has 0 saturated heterocycles. The predicted molar refractivity (Wildman–Crippen MR) is 72.6 cm³/mol. The molecule has 0 aromatic carbocycles. The Bertz CT molecular complexity index is 268. The van der Waals surface area contributed by atoms with Crippen LogP contribution in [0.2, 0.25) is 0 Å². The Morgan fingerprint density at radius 2 is 1.89 bits per heavy atom. The molecule has 0 spiro atoms. The molecule has 18 heavy (non-hydrogen) atoms. The van der Waals surface area contributed by atoms with Gasteiger partial charge in [-0.25, -0.2) is 0 Å². The summed E-state index contributed by atoms with van der Waals surface area (Å²) in [5.41, 5.74) is 0. The summed E-state index contributed by atoms with van der Waals surface area (Å²) in [5.74, 6) is 0.205. The highest BCUT2D eigenvalue weighted by Crippen LogP contribution is 2.33. The molecule has 2 N–H and O–H groups in total. The lowest BCUT2D eigenvalue weighted by molar-refractivity contribution is -0.142. The topological polar surface area (TPSA) is 49.3 Å². The molecule has 1 unspecified atom stereocenters. The minimum absolute atomic E-state index is 0.0867. The molecule has 1 atom stereocenters. The second kappa shape index (κ2) is 6.55. The fourth-order valence-electron chi connectivity index (χ4n) is 3.42. The lowest BCUT2D eigenvalue weighted by Gasteiger charge is -2.38. The van der Waals surface area contributed by atoms with Crippen LogP contribution in [0.15, 0.2) is 0 Å². The molecule has 2 rings (SSSR count). The van der Waals surface area contributed by atoms with Gasteiger partial charge in [-0.2, -0.15) is 0 Å². The van der Waals surface area contributed by atoms with E-state index in [1.165, 1.54) is 32.1 Å². The monoisotopic (exact) mass is 253 g/mol. The van der Waals surface area contributed by atoms with Crippen LogP contribution < -0.4 is 5.32 Å². The van der Waals surface area contributed by atoms with E-state index in [1.54, 1.807) is 0 Å². The van der Waals surface area contributed by atoms with Crippen molar-refractivity contribution in [2.45, 2.75) is 76.8 Å². The fourth-order valence-corrected chi connectivity index (χ4v) is 3.42. The molecule has 3 nitrogen and oxygen atoms in total. The predicted octanol–water partition coefficient (Wildman–Crippen LogP) is 3.19.